The van der Waals surface area contributed by atoms with E-state index in [1.807, 2.05) is 0 Å². The summed E-state index contributed by atoms with van der Waals surface area (Å²) in [6.07, 6.45) is 7.30. The van der Waals surface area contributed by atoms with E-state index in [1.165, 1.54) is 19.3 Å². The smallest absolute Gasteiger partial charge is 0.394 e. The third-order valence-corrected chi connectivity index (χ3v) is 3.37. The van der Waals surface area contributed by atoms with Crippen LogP contribution in [0.2, 0.25) is 0 Å². The average molecular weight is 238 g/mol. The van der Waals surface area contributed by atoms with E-state index >= 15 is 0 Å². The van der Waals surface area contributed by atoms with E-state index < -0.39 is 0 Å². The zero-order valence-corrected chi connectivity index (χ0v) is 10.7. The van der Waals surface area contributed by atoms with Crippen LogP contribution in [-0.2, 0) is 6.54 Å². The molecule has 2 rings (SSSR count). The maximum atomic E-state index is 5.82. The lowest BCUT2D eigenvalue weighted by molar-refractivity contribution is 0.0707. The molecule has 1 aromatic heterocycles. The van der Waals surface area contributed by atoms with E-state index in [1.54, 1.807) is 6.26 Å². The summed E-state index contributed by atoms with van der Waals surface area (Å²) in [7, 11) is 0. The maximum absolute atomic E-state index is 5.82. The third kappa shape index (κ3) is 3.46. The standard InChI is InChI=1S/C13H22N2O2/c1-3-14-8-11-9-16-13(15-11)17-12-7-5-4-6-10(12)2/h9-10,12,14H,3-8H2,1-2H3. The van der Waals surface area contributed by atoms with Crippen LogP contribution in [0.4, 0.5) is 0 Å². The van der Waals surface area contributed by atoms with Crippen molar-refractivity contribution in [2.75, 3.05) is 6.54 Å². The maximum Gasteiger partial charge on any atom is 0.394 e. The Hall–Kier alpha value is -1.03. The predicted molar refractivity (Wildman–Crippen MR) is 65.9 cm³/mol. The lowest BCUT2D eigenvalue weighted by Crippen LogP contribution is -2.28. The Bertz CT molecular complexity index is 338. The fourth-order valence-corrected chi connectivity index (χ4v) is 2.26. The van der Waals surface area contributed by atoms with Gasteiger partial charge in [0.2, 0.25) is 0 Å². The fraction of sp³-hybridized carbons (Fsp3) is 0.769. The Kier molecular flexibility index (Phi) is 4.42. The van der Waals surface area contributed by atoms with Crippen LogP contribution in [0.1, 0.15) is 45.2 Å². The highest BCUT2D eigenvalue weighted by Crippen LogP contribution is 2.27. The van der Waals surface area contributed by atoms with Crippen LogP contribution in [-0.4, -0.2) is 17.6 Å². The van der Waals surface area contributed by atoms with Gasteiger partial charge in [-0.15, -0.1) is 0 Å². The summed E-state index contributed by atoms with van der Waals surface area (Å²) in [4.78, 5) is 4.32. The SMILES string of the molecule is CCNCc1coc(OC2CCCCC2C)n1. The first-order valence-corrected chi connectivity index (χ1v) is 6.61. The number of hydrogen-bond donors (Lipinski definition) is 1. The Morgan fingerprint density at radius 1 is 1.47 bits per heavy atom. The second-order valence-electron chi connectivity index (χ2n) is 4.80. The summed E-state index contributed by atoms with van der Waals surface area (Å²) in [5, 5.41) is 3.21. The Balaban J connectivity index is 1.87. The lowest BCUT2D eigenvalue weighted by Gasteiger charge is -2.27. The first-order valence-electron chi connectivity index (χ1n) is 6.61. The molecule has 1 fully saturated rings. The molecule has 0 bridgehead atoms. The molecule has 0 aromatic carbocycles. The summed E-state index contributed by atoms with van der Waals surface area (Å²) >= 11 is 0. The van der Waals surface area contributed by atoms with Crippen molar-refractivity contribution < 1.29 is 9.15 Å². The van der Waals surface area contributed by atoms with E-state index in [0.29, 0.717) is 12.0 Å². The van der Waals surface area contributed by atoms with Gasteiger partial charge in [-0.25, -0.2) is 0 Å². The Morgan fingerprint density at radius 2 is 2.29 bits per heavy atom. The highest BCUT2D eigenvalue weighted by atomic mass is 16.6. The van der Waals surface area contributed by atoms with Crippen molar-refractivity contribution in [3.05, 3.63) is 12.0 Å². The van der Waals surface area contributed by atoms with E-state index in [2.05, 4.69) is 24.1 Å². The molecule has 0 amide bonds. The molecule has 1 aliphatic carbocycles. The molecule has 0 radical (unpaired) electrons. The number of ether oxygens (including phenoxy) is 1. The summed E-state index contributed by atoms with van der Waals surface area (Å²) in [5.41, 5.74) is 0.908. The molecule has 1 aliphatic rings. The topological polar surface area (TPSA) is 47.3 Å². The van der Waals surface area contributed by atoms with Crippen molar-refractivity contribution >= 4 is 0 Å². The van der Waals surface area contributed by atoms with Gasteiger partial charge in [0.1, 0.15) is 12.4 Å². The van der Waals surface area contributed by atoms with Gasteiger partial charge in [0.15, 0.2) is 0 Å². The van der Waals surface area contributed by atoms with E-state index in [0.717, 1.165) is 25.2 Å². The Morgan fingerprint density at radius 3 is 3.06 bits per heavy atom. The normalized spacial score (nSPS) is 24.8. The van der Waals surface area contributed by atoms with Gasteiger partial charge in [0.25, 0.3) is 0 Å². The number of rotatable bonds is 5. The minimum atomic E-state index is 0.273. The van der Waals surface area contributed by atoms with Crippen LogP contribution in [0.3, 0.4) is 0 Å². The molecule has 2 unspecified atom stereocenters. The van der Waals surface area contributed by atoms with Crippen LogP contribution in [0.25, 0.3) is 0 Å². The van der Waals surface area contributed by atoms with Crippen molar-refractivity contribution in [3.63, 3.8) is 0 Å². The molecule has 1 saturated carbocycles. The van der Waals surface area contributed by atoms with Crippen molar-refractivity contribution in [2.24, 2.45) is 5.92 Å². The van der Waals surface area contributed by atoms with Crippen LogP contribution >= 0.6 is 0 Å². The number of hydrogen-bond acceptors (Lipinski definition) is 4. The number of oxazole rings is 1. The average Bonchev–Trinajstić information content (AvgIpc) is 2.77. The summed E-state index contributed by atoms with van der Waals surface area (Å²) < 4.78 is 11.2. The molecule has 4 nitrogen and oxygen atoms in total. The summed E-state index contributed by atoms with van der Waals surface area (Å²) in [5.74, 6) is 0.605. The molecule has 4 heteroatoms. The summed E-state index contributed by atoms with van der Waals surface area (Å²) in [6, 6.07) is 0. The zero-order chi connectivity index (χ0) is 12.1. The molecule has 1 heterocycles. The van der Waals surface area contributed by atoms with Gasteiger partial charge in [0, 0.05) is 6.54 Å². The highest BCUT2D eigenvalue weighted by molar-refractivity contribution is 5.00. The molecule has 0 saturated heterocycles. The van der Waals surface area contributed by atoms with Gasteiger partial charge in [-0.2, -0.15) is 4.98 Å². The van der Waals surface area contributed by atoms with Crippen LogP contribution in [0.15, 0.2) is 10.7 Å². The minimum absolute atomic E-state index is 0.273. The monoisotopic (exact) mass is 238 g/mol. The second-order valence-corrected chi connectivity index (χ2v) is 4.80. The fourth-order valence-electron chi connectivity index (χ4n) is 2.26. The molecule has 0 spiro atoms. The van der Waals surface area contributed by atoms with Gasteiger partial charge in [-0.05, 0) is 31.7 Å². The first kappa shape index (κ1) is 12.4. The van der Waals surface area contributed by atoms with Crippen LogP contribution in [0, 0.1) is 5.92 Å². The first-order chi connectivity index (χ1) is 8.29. The lowest BCUT2D eigenvalue weighted by atomic mass is 9.88. The van der Waals surface area contributed by atoms with Crippen molar-refractivity contribution in [2.45, 2.75) is 52.2 Å². The van der Waals surface area contributed by atoms with Crippen molar-refractivity contribution in [3.8, 4) is 6.08 Å². The van der Waals surface area contributed by atoms with E-state index in [-0.39, 0.29) is 6.10 Å². The zero-order valence-electron chi connectivity index (χ0n) is 10.7. The second kappa shape index (κ2) is 6.05. The molecule has 1 aromatic rings. The van der Waals surface area contributed by atoms with Gasteiger partial charge < -0.3 is 14.5 Å². The molecular weight excluding hydrogens is 216 g/mol. The quantitative estimate of drug-likeness (QED) is 0.856. The van der Waals surface area contributed by atoms with Gasteiger partial charge in [0.05, 0.1) is 5.69 Å². The highest BCUT2D eigenvalue weighted by Gasteiger charge is 2.24. The molecule has 96 valence electrons. The number of nitrogens with zero attached hydrogens (tertiary/aromatic N) is 1. The van der Waals surface area contributed by atoms with Gasteiger partial charge in [-0.1, -0.05) is 20.3 Å². The third-order valence-electron chi connectivity index (χ3n) is 3.37. The van der Waals surface area contributed by atoms with Crippen LogP contribution < -0.4 is 10.1 Å². The van der Waals surface area contributed by atoms with E-state index in [9.17, 15) is 0 Å². The molecule has 17 heavy (non-hydrogen) atoms. The van der Waals surface area contributed by atoms with Crippen molar-refractivity contribution in [1.82, 2.24) is 10.3 Å². The number of aromatic nitrogens is 1. The van der Waals surface area contributed by atoms with Gasteiger partial charge >= 0.3 is 6.08 Å². The van der Waals surface area contributed by atoms with E-state index in [4.69, 9.17) is 9.15 Å². The van der Waals surface area contributed by atoms with Crippen LogP contribution in [0.5, 0.6) is 6.08 Å². The minimum Gasteiger partial charge on any atom is -0.447 e. The number of nitrogens with one attached hydrogen (secondary N) is 1. The van der Waals surface area contributed by atoms with Gasteiger partial charge in [-0.3, -0.25) is 0 Å². The molecule has 1 N–H and O–H groups in total. The summed E-state index contributed by atoms with van der Waals surface area (Å²) in [6.45, 7) is 5.99. The Labute approximate surface area is 103 Å². The predicted octanol–water partition coefficient (Wildman–Crippen LogP) is 2.74. The molecule has 0 aliphatic heterocycles. The molecule has 2 atom stereocenters. The largest absolute Gasteiger partial charge is 0.447 e. The van der Waals surface area contributed by atoms with Crippen molar-refractivity contribution in [1.29, 1.82) is 0 Å². The molecular formula is C13H22N2O2.